The fourth-order valence-corrected chi connectivity index (χ4v) is 0. The van der Waals surface area contributed by atoms with Gasteiger partial charge in [-0.25, -0.2) is 0 Å². The van der Waals surface area contributed by atoms with Crippen LogP contribution >= 0.6 is 0 Å². The van der Waals surface area contributed by atoms with Gasteiger partial charge in [0.2, 0.25) is 0 Å². The van der Waals surface area contributed by atoms with Gasteiger partial charge in [-0.2, -0.15) is 0 Å². The zero-order valence-electron chi connectivity index (χ0n) is 2.31. The molecule has 0 aromatic rings. The summed E-state index contributed by atoms with van der Waals surface area (Å²) in [5.74, 6) is 0. The molecule has 0 aliphatic heterocycles. The minimum atomic E-state index is 0. The van der Waals surface area contributed by atoms with E-state index >= 15 is 0 Å². The average molecular weight is 418 g/mol. The Morgan fingerprint density at radius 3 is 0.333 bits per heavy atom. The Labute approximate surface area is 93.9 Å². The van der Waals surface area contributed by atoms with Gasteiger partial charge in [-0.05, 0) is 0 Å². The monoisotopic (exact) mass is 418 g/mol. The van der Waals surface area contributed by atoms with Crippen molar-refractivity contribution in [3.05, 3.63) is 0 Å². The van der Waals surface area contributed by atoms with Crippen LogP contribution in [-0.4, -0.2) is 21.9 Å². The molecule has 0 radical (unpaired) electrons. The Bertz CT molecular complexity index is 5.51. The number of hydrogen-bond donors (Lipinski definition) is 0. The van der Waals surface area contributed by atoms with Crippen LogP contribution in [0, 0.1) is 73.7 Å². The Morgan fingerprint density at radius 1 is 0.333 bits per heavy atom. The first-order valence-electron chi connectivity index (χ1n) is 0. The Balaban J connectivity index is 0. The molecule has 0 aromatic carbocycles. The van der Waals surface area contributed by atoms with Crippen LogP contribution < -0.4 is 0 Å². The third-order valence-electron chi connectivity index (χ3n) is 0. The molecular formula is H4Lu2O4+2. The van der Waals surface area contributed by atoms with E-state index in [0.717, 1.165) is 0 Å². The zero-order chi connectivity index (χ0) is 0. The maximum atomic E-state index is 0. The van der Waals surface area contributed by atoms with Gasteiger partial charge in [0.25, 0.3) is 0 Å². The summed E-state index contributed by atoms with van der Waals surface area (Å²) in [4.78, 5) is 0. The first-order chi connectivity index (χ1) is 0. The second kappa shape index (κ2) is 54.6. The van der Waals surface area contributed by atoms with Gasteiger partial charge in [0.1, 0.15) is 0 Å². The van der Waals surface area contributed by atoms with Gasteiger partial charge >= 0.3 is 73.7 Å². The van der Waals surface area contributed by atoms with Gasteiger partial charge in [-0.3, -0.25) is 0 Å². The van der Waals surface area contributed by atoms with Crippen LogP contribution in [0.25, 0.3) is 0 Å². The number of rotatable bonds is 0. The van der Waals surface area contributed by atoms with Crippen LogP contribution in [0.2, 0.25) is 0 Å². The fourth-order valence-electron chi connectivity index (χ4n) is 0. The third kappa shape index (κ3) is 33.4. The molecule has 0 amide bonds. The summed E-state index contributed by atoms with van der Waals surface area (Å²) in [7, 11) is 0. The van der Waals surface area contributed by atoms with Crippen LogP contribution in [0.5, 0.6) is 0 Å². The Kier molecular flexibility index (Phi) is 758. The van der Waals surface area contributed by atoms with Gasteiger partial charge in [0, 0.05) is 0 Å². The molecule has 0 heterocycles. The molecule has 0 aromatic heterocycles. The smallest absolute Gasteiger partial charge is 0.870 e. The van der Waals surface area contributed by atoms with E-state index in [1.807, 2.05) is 0 Å². The van der Waals surface area contributed by atoms with Crippen LogP contribution in [0.3, 0.4) is 0 Å². The molecular weight excluding hydrogens is 414 g/mol. The fraction of sp³-hybridized carbons (Fsp3) is 0. The largest absolute Gasteiger partial charge is 3.00 e. The van der Waals surface area contributed by atoms with E-state index < -0.39 is 0 Å². The molecule has 0 saturated carbocycles. The molecule has 0 spiro atoms. The van der Waals surface area contributed by atoms with Crippen LogP contribution in [-0.2, 0) is 0 Å². The molecule has 0 fully saturated rings. The van der Waals surface area contributed by atoms with Crippen molar-refractivity contribution in [2.45, 2.75) is 0 Å². The van der Waals surface area contributed by atoms with Gasteiger partial charge in [0.05, 0.1) is 0 Å². The second-order valence-electron chi connectivity index (χ2n) is 0. The van der Waals surface area contributed by atoms with Crippen molar-refractivity contribution < 1.29 is 95.7 Å². The SMILES string of the molecule is [Lu+3].[Lu+3].[OH-].[OH-].[OH-].[OH-]. The molecule has 0 aliphatic rings. The minimum absolute atomic E-state index is 0. The average Bonchev–Trinajstić information content (AvgIpc) is 0. The summed E-state index contributed by atoms with van der Waals surface area (Å²) in [6, 6.07) is 0. The summed E-state index contributed by atoms with van der Waals surface area (Å²) in [6.45, 7) is 0. The van der Waals surface area contributed by atoms with E-state index in [1.165, 1.54) is 0 Å². The standard InChI is InChI=1S/2Lu.4H2O/h;;4*1H2/q2*+3;;;;/p-4. The Hall–Kier alpha value is 2.31. The minimum Gasteiger partial charge on any atom is -0.870 e. The molecule has 0 bridgehead atoms. The second-order valence-corrected chi connectivity index (χ2v) is 0. The molecule has 4 N–H and O–H groups in total. The van der Waals surface area contributed by atoms with E-state index in [4.69, 9.17) is 0 Å². The molecule has 0 saturated heterocycles. The predicted octanol–water partition coefficient (Wildman–Crippen LogP) is -0.707. The summed E-state index contributed by atoms with van der Waals surface area (Å²) >= 11 is 0. The van der Waals surface area contributed by atoms with E-state index in [-0.39, 0.29) is 95.7 Å². The summed E-state index contributed by atoms with van der Waals surface area (Å²) in [5, 5.41) is 0. The van der Waals surface area contributed by atoms with E-state index in [1.54, 1.807) is 0 Å². The first kappa shape index (κ1) is 83.3. The quantitative estimate of drug-likeness (QED) is 0.517. The van der Waals surface area contributed by atoms with Crippen molar-refractivity contribution in [1.82, 2.24) is 0 Å². The van der Waals surface area contributed by atoms with Gasteiger partial charge in [-0.15, -0.1) is 0 Å². The third-order valence-corrected chi connectivity index (χ3v) is 0. The van der Waals surface area contributed by atoms with E-state index in [0.29, 0.717) is 0 Å². The van der Waals surface area contributed by atoms with Crippen LogP contribution in [0.15, 0.2) is 0 Å². The van der Waals surface area contributed by atoms with Crippen molar-refractivity contribution in [3.8, 4) is 0 Å². The van der Waals surface area contributed by atoms with Crippen molar-refractivity contribution >= 4 is 0 Å². The summed E-state index contributed by atoms with van der Waals surface area (Å²) < 4.78 is 0. The van der Waals surface area contributed by atoms with Gasteiger partial charge in [-0.1, -0.05) is 0 Å². The van der Waals surface area contributed by atoms with E-state index in [2.05, 4.69) is 0 Å². The van der Waals surface area contributed by atoms with E-state index in [9.17, 15) is 0 Å². The summed E-state index contributed by atoms with van der Waals surface area (Å²) in [5.41, 5.74) is 0. The maximum Gasteiger partial charge on any atom is 3.00 e. The molecule has 0 unspecified atom stereocenters. The van der Waals surface area contributed by atoms with Crippen molar-refractivity contribution in [2.75, 3.05) is 0 Å². The van der Waals surface area contributed by atoms with Gasteiger partial charge < -0.3 is 21.9 Å². The zero-order valence-corrected chi connectivity index (χ0v) is 5.62. The van der Waals surface area contributed by atoms with Gasteiger partial charge in [0.15, 0.2) is 0 Å². The first-order valence-corrected chi connectivity index (χ1v) is 0. The normalized spacial score (nSPS) is 0. The molecule has 0 rings (SSSR count). The van der Waals surface area contributed by atoms with Crippen molar-refractivity contribution in [2.24, 2.45) is 0 Å². The van der Waals surface area contributed by atoms with Crippen LogP contribution in [0.1, 0.15) is 0 Å². The molecule has 6 heavy (non-hydrogen) atoms. The van der Waals surface area contributed by atoms with Crippen molar-refractivity contribution in [1.29, 1.82) is 0 Å². The summed E-state index contributed by atoms with van der Waals surface area (Å²) in [6.07, 6.45) is 0. The molecule has 0 atom stereocenters. The maximum absolute atomic E-state index is 0. The van der Waals surface area contributed by atoms with Crippen LogP contribution in [0.4, 0.5) is 0 Å². The van der Waals surface area contributed by atoms with Crippen molar-refractivity contribution in [3.63, 3.8) is 0 Å². The molecule has 0 aliphatic carbocycles. The molecule has 6 heteroatoms. The predicted molar refractivity (Wildman–Crippen MR) is 7.74 cm³/mol. The Morgan fingerprint density at radius 2 is 0.333 bits per heavy atom. The number of hydrogen-bond acceptors (Lipinski definition) is 4. The molecule has 4 nitrogen and oxygen atoms in total. The topological polar surface area (TPSA) is 120 Å². The molecule has 56 valence electrons.